The normalized spacial score (nSPS) is 12.0. The smallest absolute Gasteiger partial charge is 0.323 e. The standard InChI is InChI=1S/C14H27N5OS/c1-6-8-15-12-16-13(19(4)11(3)10-21-5)18-14(17-12)20-9-7-2/h11H,6-10H2,1-5H3,(H,15,16,17,18). The highest BCUT2D eigenvalue weighted by molar-refractivity contribution is 7.98. The van der Waals surface area contributed by atoms with E-state index < -0.39 is 0 Å². The number of thioether (sulfide) groups is 1. The number of nitrogens with zero attached hydrogens (tertiary/aromatic N) is 4. The summed E-state index contributed by atoms with van der Waals surface area (Å²) in [6, 6.07) is 0.740. The fourth-order valence-corrected chi connectivity index (χ4v) is 2.33. The van der Waals surface area contributed by atoms with E-state index in [1.54, 1.807) is 0 Å². The molecule has 1 rings (SSSR count). The van der Waals surface area contributed by atoms with Crippen molar-refractivity contribution in [3.05, 3.63) is 0 Å². The zero-order valence-electron chi connectivity index (χ0n) is 13.7. The molecule has 1 heterocycles. The SMILES string of the molecule is CCCNc1nc(OCCC)nc(N(C)C(C)CSC)n1. The molecule has 0 fully saturated rings. The minimum absolute atomic E-state index is 0.348. The van der Waals surface area contributed by atoms with E-state index in [0.29, 0.717) is 30.6 Å². The van der Waals surface area contributed by atoms with Gasteiger partial charge in [-0.05, 0) is 26.0 Å². The van der Waals surface area contributed by atoms with E-state index in [2.05, 4.69) is 52.2 Å². The minimum Gasteiger partial charge on any atom is -0.463 e. The zero-order chi connectivity index (χ0) is 15.7. The van der Waals surface area contributed by atoms with Gasteiger partial charge in [-0.3, -0.25) is 0 Å². The lowest BCUT2D eigenvalue weighted by molar-refractivity contribution is 0.291. The van der Waals surface area contributed by atoms with Gasteiger partial charge in [-0.15, -0.1) is 0 Å². The first kappa shape index (κ1) is 17.8. The molecular weight excluding hydrogens is 286 g/mol. The number of ether oxygens (including phenoxy) is 1. The predicted octanol–water partition coefficient (Wildman–Crippen LogP) is 2.67. The van der Waals surface area contributed by atoms with Crippen LogP contribution < -0.4 is 15.0 Å². The van der Waals surface area contributed by atoms with Gasteiger partial charge in [0.15, 0.2) is 0 Å². The number of nitrogens with one attached hydrogen (secondary N) is 1. The highest BCUT2D eigenvalue weighted by Gasteiger charge is 2.15. The van der Waals surface area contributed by atoms with E-state index in [0.717, 1.165) is 25.1 Å². The molecule has 0 aliphatic heterocycles. The zero-order valence-corrected chi connectivity index (χ0v) is 14.5. The van der Waals surface area contributed by atoms with Crippen molar-refractivity contribution in [2.24, 2.45) is 0 Å². The lowest BCUT2D eigenvalue weighted by atomic mass is 10.3. The summed E-state index contributed by atoms with van der Waals surface area (Å²) in [6.45, 7) is 7.77. The number of anilines is 2. The van der Waals surface area contributed by atoms with Crippen molar-refractivity contribution in [3.63, 3.8) is 0 Å². The molecule has 0 saturated carbocycles. The molecule has 7 heteroatoms. The summed E-state index contributed by atoms with van der Waals surface area (Å²) >= 11 is 1.81. The van der Waals surface area contributed by atoms with Gasteiger partial charge in [0.25, 0.3) is 0 Å². The summed E-state index contributed by atoms with van der Waals surface area (Å²) < 4.78 is 5.57. The summed E-state index contributed by atoms with van der Waals surface area (Å²) in [5.74, 6) is 2.25. The van der Waals surface area contributed by atoms with Crippen LogP contribution in [0, 0.1) is 0 Å². The molecule has 1 atom stereocenters. The third kappa shape index (κ3) is 5.95. The summed E-state index contributed by atoms with van der Waals surface area (Å²) in [6.07, 6.45) is 4.05. The molecule has 0 radical (unpaired) electrons. The van der Waals surface area contributed by atoms with E-state index in [1.807, 2.05) is 18.8 Å². The Balaban J connectivity index is 2.93. The molecule has 21 heavy (non-hydrogen) atoms. The van der Waals surface area contributed by atoms with Gasteiger partial charge in [-0.2, -0.15) is 26.7 Å². The van der Waals surface area contributed by atoms with Crippen molar-refractivity contribution < 1.29 is 4.74 Å². The summed E-state index contributed by atoms with van der Waals surface area (Å²) in [4.78, 5) is 15.3. The number of hydrogen-bond acceptors (Lipinski definition) is 7. The largest absolute Gasteiger partial charge is 0.463 e. The fraction of sp³-hybridized carbons (Fsp3) is 0.786. The summed E-state index contributed by atoms with van der Waals surface area (Å²) in [5, 5.41) is 3.20. The van der Waals surface area contributed by atoms with Crippen LogP contribution in [0.15, 0.2) is 0 Å². The Kier molecular flexibility index (Phi) is 8.19. The number of rotatable bonds is 10. The van der Waals surface area contributed by atoms with Crippen LogP contribution in [-0.2, 0) is 0 Å². The molecule has 1 aromatic heterocycles. The van der Waals surface area contributed by atoms with Crippen LogP contribution >= 0.6 is 11.8 Å². The molecule has 1 aromatic rings. The van der Waals surface area contributed by atoms with Gasteiger partial charge < -0.3 is 15.0 Å². The molecule has 0 saturated heterocycles. The molecule has 6 nitrogen and oxygen atoms in total. The molecule has 120 valence electrons. The highest BCUT2D eigenvalue weighted by Crippen LogP contribution is 2.17. The molecule has 0 amide bonds. The van der Waals surface area contributed by atoms with Crippen LogP contribution in [0.5, 0.6) is 6.01 Å². The number of aromatic nitrogens is 3. The van der Waals surface area contributed by atoms with Crippen LogP contribution in [0.2, 0.25) is 0 Å². The van der Waals surface area contributed by atoms with Gasteiger partial charge in [-0.25, -0.2) is 0 Å². The van der Waals surface area contributed by atoms with Crippen molar-refractivity contribution in [2.45, 2.75) is 39.7 Å². The predicted molar refractivity (Wildman–Crippen MR) is 90.6 cm³/mol. The van der Waals surface area contributed by atoms with Crippen molar-refractivity contribution in [2.75, 3.05) is 42.4 Å². The van der Waals surface area contributed by atoms with Crippen LogP contribution in [0.1, 0.15) is 33.6 Å². The van der Waals surface area contributed by atoms with Crippen molar-refractivity contribution >= 4 is 23.7 Å². The maximum atomic E-state index is 5.57. The topological polar surface area (TPSA) is 63.2 Å². The molecule has 1 unspecified atom stereocenters. The average molecular weight is 313 g/mol. The van der Waals surface area contributed by atoms with Gasteiger partial charge in [-0.1, -0.05) is 13.8 Å². The van der Waals surface area contributed by atoms with E-state index in [1.165, 1.54) is 0 Å². The van der Waals surface area contributed by atoms with E-state index in [9.17, 15) is 0 Å². The second kappa shape index (κ2) is 9.65. The highest BCUT2D eigenvalue weighted by atomic mass is 32.2. The van der Waals surface area contributed by atoms with E-state index in [4.69, 9.17) is 4.74 Å². The van der Waals surface area contributed by atoms with Gasteiger partial charge in [0.2, 0.25) is 11.9 Å². The summed E-state index contributed by atoms with van der Waals surface area (Å²) in [5.41, 5.74) is 0. The molecule has 0 aromatic carbocycles. The third-order valence-electron chi connectivity index (χ3n) is 2.96. The first-order valence-electron chi connectivity index (χ1n) is 7.46. The van der Waals surface area contributed by atoms with E-state index >= 15 is 0 Å². The van der Waals surface area contributed by atoms with Crippen LogP contribution in [0.25, 0.3) is 0 Å². The van der Waals surface area contributed by atoms with Gasteiger partial charge in [0.05, 0.1) is 6.61 Å². The quantitative estimate of drug-likeness (QED) is 0.712. The molecular formula is C14H27N5OS. The van der Waals surface area contributed by atoms with Gasteiger partial charge >= 0.3 is 6.01 Å². The molecule has 0 aliphatic carbocycles. The maximum Gasteiger partial charge on any atom is 0.323 e. The Morgan fingerprint density at radius 1 is 1.24 bits per heavy atom. The van der Waals surface area contributed by atoms with Crippen molar-refractivity contribution in [1.82, 2.24) is 15.0 Å². The minimum atomic E-state index is 0.348. The Labute approximate surface area is 132 Å². The maximum absolute atomic E-state index is 5.57. The Hall–Kier alpha value is -1.24. The van der Waals surface area contributed by atoms with Crippen LogP contribution in [0.3, 0.4) is 0 Å². The van der Waals surface area contributed by atoms with Crippen LogP contribution in [0.4, 0.5) is 11.9 Å². The van der Waals surface area contributed by atoms with E-state index in [-0.39, 0.29) is 0 Å². The van der Waals surface area contributed by atoms with Gasteiger partial charge in [0.1, 0.15) is 0 Å². The Morgan fingerprint density at radius 3 is 2.62 bits per heavy atom. The second-order valence-corrected chi connectivity index (χ2v) is 5.84. The van der Waals surface area contributed by atoms with Crippen molar-refractivity contribution in [3.8, 4) is 6.01 Å². The van der Waals surface area contributed by atoms with Crippen LogP contribution in [-0.4, -0.2) is 53.2 Å². The number of hydrogen-bond donors (Lipinski definition) is 1. The lowest BCUT2D eigenvalue weighted by Crippen LogP contribution is -2.32. The molecule has 0 bridgehead atoms. The average Bonchev–Trinajstić information content (AvgIpc) is 2.50. The molecule has 1 N–H and O–H groups in total. The Bertz CT molecular complexity index is 392. The van der Waals surface area contributed by atoms with Gasteiger partial charge in [0, 0.05) is 25.4 Å². The fourth-order valence-electron chi connectivity index (χ4n) is 1.63. The molecule has 0 aliphatic rings. The van der Waals surface area contributed by atoms with Crippen molar-refractivity contribution in [1.29, 1.82) is 0 Å². The summed E-state index contributed by atoms with van der Waals surface area (Å²) in [7, 11) is 2.00. The monoisotopic (exact) mass is 313 g/mol. The first-order valence-corrected chi connectivity index (χ1v) is 8.86. The Morgan fingerprint density at radius 2 is 2.00 bits per heavy atom. The lowest BCUT2D eigenvalue weighted by Gasteiger charge is -2.24. The third-order valence-corrected chi connectivity index (χ3v) is 3.77. The molecule has 0 spiro atoms. The second-order valence-electron chi connectivity index (χ2n) is 4.93. The first-order chi connectivity index (χ1) is 10.1.